The summed E-state index contributed by atoms with van der Waals surface area (Å²) in [5.74, 6) is 1.45. The maximum absolute atomic E-state index is 5.92. The fourth-order valence-electron chi connectivity index (χ4n) is 1.83. The van der Waals surface area contributed by atoms with Gasteiger partial charge in [0.2, 0.25) is 0 Å². The zero-order valence-electron chi connectivity index (χ0n) is 9.12. The average molecular weight is 292 g/mol. The van der Waals surface area contributed by atoms with Crippen molar-refractivity contribution in [2.45, 2.75) is 6.92 Å². The van der Waals surface area contributed by atoms with Crippen molar-refractivity contribution in [2.75, 3.05) is 5.73 Å². The van der Waals surface area contributed by atoms with Crippen LogP contribution in [0, 0.1) is 6.92 Å². The number of rotatable bonds is 1. The molecule has 1 aromatic carbocycles. The monoisotopic (exact) mass is 291 g/mol. The minimum Gasteiger partial charge on any atom is -0.461 e. The van der Waals surface area contributed by atoms with E-state index in [0.717, 1.165) is 26.8 Å². The Morgan fingerprint density at radius 1 is 1.41 bits per heavy atom. The van der Waals surface area contributed by atoms with Crippen molar-refractivity contribution in [1.29, 1.82) is 0 Å². The first-order valence-electron chi connectivity index (χ1n) is 5.14. The van der Waals surface area contributed by atoms with Crippen LogP contribution < -0.4 is 5.73 Å². The summed E-state index contributed by atoms with van der Waals surface area (Å²) in [7, 11) is 0. The second-order valence-electron chi connectivity index (χ2n) is 3.91. The Kier molecular flexibility index (Phi) is 2.22. The first kappa shape index (κ1) is 10.4. The molecule has 0 atom stereocenters. The van der Waals surface area contributed by atoms with Gasteiger partial charge in [-0.05, 0) is 30.7 Å². The molecule has 0 saturated carbocycles. The lowest BCUT2D eigenvalue weighted by atomic mass is 10.3. The van der Waals surface area contributed by atoms with Gasteiger partial charge in [-0.3, -0.25) is 0 Å². The van der Waals surface area contributed by atoms with E-state index in [9.17, 15) is 0 Å². The molecule has 0 fully saturated rings. The number of nitrogens with zero attached hydrogens (tertiary/aromatic N) is 1. The van der Waals surface area contributed by atoms with Gasteiger partial charge in [0.1, 0.15) is 5.52 Å². The number of imidazole rings is 1. The van der Waals surface area contributed by atoms with Crippen LogP contribution >= 0.6 is 15.9 Å². The maximum atomic E-state index is 5.92. The second kappa shape index (κ2) is 3.63. The van der Waals surface area contributed by atoms with E-state index >= 15 is 0 Å². The number of anilines is 1. The predicted molar refractivity (Wildman–Crippen MR) is 70.6 cm³/mol. The van der Waals surface area contributed by atoms with E-state index in [0.29, 0.717) is 11.5 Å². The zero-order chi connectivity index (χ0) is 12.0. The van der Waals surface area contributed by atoms with Crippen LogP contribution in [0.2, 0.25) is 0 Å². The van der Waals surface area contributed by atoms with E-state index in [1.807, 2.05) is 25.1 Å². The maximum Gasteiger partial charge on any atom is 0.174 e. The van der Waals surface area contributed by atoms with Crippen LogP contribution in [0.3, 0.4) is 0 Å². The Labute approximate surface area is 106 Å². The fraction of sp³-hybridized carbons (Fsp3) is 0.0833. The number of fused-ring (bicyclic) bond motifs is 1. The number of nitrogens with two attached hydrogens (primary N) is 1. The largest absolute Gasteiger partial charge is 0.461 e. The van der Waals surface area contributed by atoms with Gasteiger partial charge in [0, 0.05) is 4.47 Å². The Balaban J connectivity index is 2.27. The predicted octanol–water partition coefficient (Wildman–Crippen LogP) is 3.48. The second-order valence-corrected chi connectivity index (χ2v) is 4.83. The number of H-pyrrole nitrogens is 1. The smallest absolute Gasteiger partial charge is 0.174 e. The highest BCUT2D eigenvalue weighted by Gasteiger charge is 2.12. The molecule has 0 aliphatic carbocycles. The number of benzene rings is 1. The molecule has 0 unspecified atom stereocenters. The number of nitrogens with one attached hydrogen (secondary N) is 1. The van der Waals surface area contributed by atoms with Gasteiger partial charge in [-0.1, -0.05) is 15.9 Å². The third kappa shape index (κ3) is 1.63. The molecule has 0 bridgehead atoms. The summed E-state index contributed by atoms with van der Waals surface area (Å²) >= 11 is 3.40. The molecule has 0 radical (unpaired) electrons. The van der Waals surface area contributed by atoms with Gasteiger partial charge in [0.05, 0.1) is 17.5 Å². The van der Waals surface area contributed by atoms with Crippen LogP contribution in [0.4, 0.5) is 5.69 Å². The average Bonchev–Trinajstić information content (AvgIpc) is 2.83. The summed E-state index contributed by atoms with van der Waals surface area (Å²) in [6, 6.07) is 5.68. The Hall–Kier alpha value is -1.75. The SMILES string of the molecule is Cc1ccoc1-c1nc2c(N)cc(Br)cc2[nH]1. The highest BCUT2D eigenvalue weighted by molar-refractivity contribution is 9.10. The van der Waals surface area contributed by atoms with Gasteiger partial charge in [-0.2, -0.15) is 0 Å². The molecule has 0 spiro atoms. The van der Waals surface area contributed by atoms with E-state index in [1.165, 1.54) is 0 Å². The molecule has 5 heteroatoms. The van der Waals surface area contributed by atoms with Crippen LogP contribution in [0.5, 0.6) is 0 Å². The molecule has 0 aliphatic heterocycles. The van der Waals surface area contributed by atoms with E-state index in [4.69, 9.17) is 10.2 Å². The lowest BCUT2D eigenvalue weighted by molar-refractivity contribution is 0.577. The van der Waals surface area contributed by atoms with Gasteiger partial charge in [0.15, 0.2) is 11.6 Å². The third-order valence-corrected chi connectivity index (χ3v) is 3.12. The molecule has 2 heterocycles. The third-order valence-electron chi connectivity index (χ3n) is 2.66. The fourth-order valence-corrected chi connectivity index (χ4v) is 2.31. The van der Waals surface area contributed by atoms with Crippen molar-refractivity contribution in [2.24, 2.45) is 0 Å². The van der Waals surface area contributed by atoms with E-state index < -0.39 is 0 Å². The number of aryl methyl sites for hydroxylation is 1. The van der Waals surface area contributed by atoms with Crippen molar-refractivity contribution in [1.82, 2.24) is 9.97 Å². The summed E-state index contributed by atoms with van der Waals surface area (Å²) in [4.78, 5) is 7.67. The summed E-state index contributed by atoms with van der Waals surface area (Å²) in [6.07, 6.45) is 1.65. The van der Waals surface area contributed by atoms with Gasteiger partial charge >= 0.3 is 0 Å². The van der Waals surface area contributed by atoms with E-state index in [1.54, 1.807) is 6.26 Å². The highest BCUT2D eigenvalue weighted by Crippen LogP contribution is 2.29. The number of furan rings is 1. The first-order chi connectivity index (χ1) is 8.15. The van der Waals surface area contributed by atoms with Gasteiger partial charge in [-0.15, -0.1) is 0 Å². The molecule has 0 saturated heterocycles. The van der Waals surface area contributed by atoms with E-state index in [-0.39, 0.29) is 0 Å². The zero-order valence-corrected chi connectivity index (χ0v) is 10.7. The van der Waals surface area contributed by atoms with Crippen molar-refractivity contribution >= 4 is 32.7 Å². The Morgan fingerprint density at radius 3 is 2.94 bits per heavy atom. The first-order valence-corrected chi connectivity index (χ1v) is 5.93. The van der Waals surface area contributed by atoms with Gasteiger partial charge in [-0.25, -0.2) is 4.98 Å². The number of halogens is 1. The highest BCUT2D eigenvalue weighted by atomic mass is 79.9. The van der Waals surface area contributed by atoms with Crippen LogP contribution in [-0.4, -0.2) is 9.97 Å². The quantitative estimate of drug-likeness (QED) is 0.675. The van der Waals surface area contributed by atoms with E-state index in [2.05, 4.69) is 25.9 Å². The lowest BCUT2D eigenvalue weighted by Gasteiger charge is -1.94. The molecular formula is C12H10BrN3O. The molecule has 3 N–H and O–H groups in total. The van der Waals surface area contributed by atoms with Crippen molar-refractivity contribution in [3.05, 3.63) is 34.5 Å². The standard InChI is InChI=1S/C12H10BrN3O/c1-6-2-3-17-11(6)12-15-9-5-7(13)4-8(14)10(9)16-12/h2-5H,14H2,1H3,(H,15,16). The van der Waals surface area contributed by atoms with Crippen molar-refractivity contribution < 1.29 is 4.42 Å². The number of nitrogen functional groups attached to an aromatic ring is 1. The molecular weight excluding hydrogens is 282 g/mol. The summed E-state index contributed by atoms with van der Waals surface area (Å²) in [6.45, 7) is 1.98. The summed E-state index contributed by atoms with van der Waals surface area (Å²) in [5, 5.41) is 0. The minimum atomic E-state index is 0.640. The normalized spacial score (nSPS) is 11.2. The number of aromatic nitrogens is 2. The molecule has 0 aliphatic rings. The molecule has 3 rings (SSSR count). The summed E-state index contributed by atoms with van der Waals surface area (Å²) in [5.41, 5.74) is 9.26. The molecule has 0 amide bonds. The Morgan fingerprint density at radius 2 is 2.24 bits per heavy atom. The van der Waals surface area contributed by atoms with Gasteiger partial charge < -0.3 is 15.1 Å². The molecule has 86 valence electrons. The van der Waals surface area contributed by atoms with Crippen molar-refractivity contribution in [3.63, 3.8) is 0 Å². The van der Waals surface area contributed by atoms with Crippen LogP contribution in [-0.2, 0) is 0 Å². The number of aromatic amines is 1. The lowest BCUT2D eigenvalue weighted by Crippen LogP contribution is -1.86. The minimum absolute atomic E-state index is 0.640. The number of hydrogen-bond acceptors (Lipinski definition) is 3. The van der Waals surface area contributed by atoms with Crippen LogP contribution in [0.1, 0.15) is 5.56 Å². The molecule has 3 aromatic rings. The van der Waals surface area contributed by atoms with Crippen molar-refractivity contribution in [3.8, 4) is 11.6 Å². The molecule has 4 nitrogen and oxygen atoms in total. The van der Waals surface area contributed by atoms with Crippen LogP contribution in [0.25, 0.3) is 22.6 Å². The van der Waals surface area contributed by atoms with Gasteiger partial charge in [0.25, 0.3) is 0 Å². The topological polar surface area (TPSA) is 67.8 Å². The van der Waals surface area contributed by atoms with Crippen LogP contribution in [0.15, 0.2) is 33.4 Å². The summed E-state index contributed by atoms with van der Waals surface area (Å²) < 4.78 is 6.33. The number of hydrogen-bond donors (Lipinski definition) is 2. The molecule has 2 aromatic heterocycles. The Bertz CT molecular complexity index is 699. The molecule has 17 heavy (non-hydrogen) atoms.